The van der Waals surface area contributed by atoms with Crippen LogP contribution in [-0.2, 0) is 0 Å². The van der Waals surface area contributed by atoms with E-state index in [0.29, 0.717) is 16.7 Å². The number of nitriles is 1. The Morgan fingerprint density at radius 1 is 1.09 bits per heavy atom. The molecule has 124 valence electrons. The lowest BCUT2D eigenvalue weighted by atomic mass is 9.95. The molecule has 4 heteroatoms. The number of hydrogen-bond acceptors (Lipinski definition) is 3. The molecule has 0 atom stereocenters. The van der Waals surface area contributed by atoms with Crippen molar-refractivity contribution in [2.75, 3.05) is 12.8 Å². The highest BCUT2D eigenvalue weighted by molar-refractivity contribution is 5.84. The molecule has 1 rings (SSSR count). The molecule has 0 heterocycles. The molecule has 0 unspecified atom stereocenters. The molecule has 0 aliphatic rings. The average molecular weight is 307 g/mol. The third kappa shape index (κ3) is 6.55. The zero-order valence-electron chi connectivity index (χ0n) is 15.0. The highest BCUT2D eigenvalue weighted by atomic mass is 19.1. The zero-order valence-corrected chi connectivity index (χ0v) is 15.0. The first-order valence-electron chi connectivity index (χ1n) is 7.31. The fourth-order valence-corrected chi connectivity index (χ4v) is 1.52. The number of allylic oxidation sites excluding steroid dienone is 2. The predicted octanol–water partition coefficient (Wildman–Crippen LogP) is 4.97. The van der Waals surface area contributed by atoms with Crippen molar-refractivity contribution in [2.45, 2.75) is 41.5 Å². The van der Waals surface area contributed by atoms with Crippen LogP contribution in [0.4, 0.5) is 10.1 Å². The van der Waals surface area contributed by atoms with Gasteiger partial charge < -0.3 is 11.5 Å². The van der Waals surface area contributed by atoms with E-state index in [9.17, 15) is 4.39 Å². The van der Waals surface area contributed by atoms with E-state index in [-0.39, 0.29) is 16.8 Å². The minimum Gasteiger partial charge on any atom is -0.398 e. The third-order valence-corrected chi connectivity index (χ3v) is 2.31. The number of nitrogen functional groups attached to an aromatic ring is 1. The van der Waals surface area contributed by atoms with Gasteiger partial charge in [0.05, 0.1) is 5.56 Å². The molecule has 0 amide bonds. The first-order chi connectivity index (χ1) is 10.4. The van der Waals surface area contributed by atoms with Crippen LogP contribution in [0, 0.1) is 17.1 Å². The average Bonchev–Trinajstić information content (AvgIpc) is 2.53. The van der Waals surface area contributed by atoms with Crippen LogP contribution >= 0.6 is 0 Å². The Hall–Kier alpha value is -2.12. The molecule has 0 saturated carbocycles. The summed E-state index contributed by atoms with van der Waals surface area (Å²) in [5, 5.41) is 8.83. The van der Waals surface area contributed by atoms with Gasteiger partial charge in [-0.15, -0.1) is 0 Å². The third-order valence-electron chi connectivity index (χ3n) is 2.31. The summed E-state index contributed by atoms with van der Waals surface area (Å²) in [5.41, 5.74) is 12.6. The van der Waals surface area contributed by atoms with E-state index >= 15 is 0 Å². The maximum absolute atomic E-state index is 13.8. The number of rotatable bonds is 2. The highest BCUT2D eigenvalue weighted by Gasteiger charge is 2.16. The van der Waals surface area contributed by atoms with Crippen molar-refractivity contribution in [1.29, 1.82) is 5.26 Å². The van der Waals surface area contributed by atoms with Crippen LogP contribution in [-0.4, -0.2) is 7.05 Å². The van der Waals surface area contributed by atoms with E-state index in [0.717, 1.165) is 0 Å². The lowest BCUT2D eigenvalue weighted by Crippen LogP contribution is -2.03. The van der Waals surface area contributed by atoms with E-state index in [2.05, 4.69) is 18.9 Å². The molecule has 3 nitrogen and oxygen atoms in total. The quantitative estimate of drug-likeness (QED) is 0.757. The van der Waals surface area contributed by atoms with Crippen LogP contribution in [0.25, 0.3) is 11.1 Å². The Labute approximate surface area is 135 Å². The van der Waals surface area contributed by atoms with Gasteiger partial charge in [-0.1, -0.05) is 40.9 Å². The summed E-state index contributed by atoms with van der Waals surface area (Å²) in [7, 11) is 1.50. The highest BCUT2D eigenvalue weighted by Crippen LogP contribution is 2.32. The van der Waals surface area contributed by atoms with E-state index in [4.69, 9.17) is 11.0 Å². The molecule has 0 bridgehead atoms. The zero-order chi connectivity index (χ0) is 18.5. The number of nitrogens with zero attached hydrogens (tertiary/aromatic N) is 1. The van der Waals surface area contributed by atoms with Gasteiger partial charge in [-0.2, -0.15) is 5.26 Å². The van der Waals surface area contributed by atoms with E-state index in [1.165, 1.54) is 13.1 Å². The van der Waals surface area contributed by atoms with E-state index < -0.39 is 5.82 Å². The summed E-state index contributed by atoms with van der Waals surface area (Å²) in [6.07, 6.45) is 0. The van der Waals surface area contributed by atoms with Crippen molar-refractivity contribution in [3.63, 3.8) is 0 Å². The molecule has 0 saturated heterocycles. The van der Waals surface area contributed by atoms with Gasteiger partial charge in [0, 0.05) is 16.8 Å². The molecule has 0 radical (unpaired) electrons. The molecule has 0 spiro atoms. The number of anilines is 1. The molecule has 4 N–H and O–H groups in total. The second-order valence-electron chi connectivity index (χ2n) is 3.75. The topological polar surface area (TPSA) is 75.8 Å². The fourth-order valence-electron chi connectivity index (χ4n) is 1.52. The predicted molar refractivity (Wildman–Crippen MR) is 97.8 cm³/mol. The molecule has 0 aliphatic carbocycles. The van der Waals surface area contributed by atoms with Crippen LogP contribution in [0.5, 0.6) is 0 Å². The van der Waals surface area contributed by atoms with Crippen molar-refractivity contribution in [3.05, 3.63) is 41.7 Å². The maximum atomic E-state index is 13.8. The lowest BCUT2D eigenvalue weighted by Gasteiger charge is -2.13. The van der Waals surface area contributed by atoms with Gasteiger partial charge in [0.25, 0.3) is 0 Å². The van der Waals surface area contributed by atoms with Gasteiger partial charge >= 0.3 is 0 Å². The molecule has 1 aromatic rings. The smallest absolute Gasteiger partial charge is 0.150 e. The summed E-state index contributed by atoms with van der Waals surface area (Å²) < 4.78 is 13.8. The summed E-state index contributed by atoms with van der Waals surface area (Å²) in [6.45, 7) is 18.8. The first kappa shape index (κ1) is 24.9. The molecule has 1 aromatic carbocycles. The van der Waals surface area contributed by atoms with Crippen molar-refractivity contribution in [2.24, 2.45) is 5.73 Å². The van der Waals surface area contributed by atoms with Gasteiger partial charge in [0.15, 0.2) is 5.82 Å². The van der Waals surface area contributed by atoms with Gasteiger partial charge in [-0.05, 0) is 38.1 Å². The second-order valence-corrected chi connectivity index (χ2v) is 3.75. The van der Waals surface area contributed by atoms with Crippen LogP contribution in [0.2, 0.25) is 0 Å². The summed E-state index contributed by atoms with van der Waals surface area (Å²) >= 11 is 0. The number of nitrogens with two attached hydrogens (primary N) is 2. The van der Waals surface area contributed by atoms with E-state index in [1.807, 2.05) is 27.7 Å². The second kappa shape index (κ2) is 13.8. The lowest BCUT2D eigenvalue weighted by molar-refractivity contribution is 0.620. The first-order valence-corrected chi connectivity index (χ1v) is 7.31. The minimum absolute atomic E-state index is 0.0369. The van der Waals surface area contributed by atoms with Gasteiger partial charge in [-0.3, -0.25) is 0 Å². The monoisotopic (exact) mass is 307 g/mol. The largest absolute Gasteiger partial charge is 0.398 e. The van der Waals surface area contributed by atoms with Crippen molar-refractivity contribution >= 4 is 16.8 Å². The molecule has 0 fully saturated rings. The number of halogens is 1. The van der Waals surface area contributed by atoms with Crippen LogP contribution < -0.4 is 11.5 Å². The Morgan fingerprint density at radius 2 is 1.50 bits per heavy atom. The number of hydrogen-bond donors (Lipinski definition) is 2. The standard InChI is InChI=1S/C13H13FN2.2C2H6.CH5N/c1-7(2)10-5-9(6-15)12(14)11(8(3)4)13(10)16;3*1-2/h5H,1,3,16H2,2,4H3;2*1-2H3;2H2,1H3. The summed E-state index contributed by atoms with van der Waals surface area (Å²) in [5.74, 6) is -0.613. The Bertz CT molecular complexity index is 526. The van der Waals surface area contributed by atoms with Crippen LogP contribution in [0.15, 0.2) is 19.2 Å². The maximum Gasteiger partial charge on any atom is 0.150 e. The van der Waals surface area contributed by atoms with Crippen LogP contribution in [0.1, 0.15) is 58.2 Å². The van der Waals surface area contributed by atoms with E-state index in [1.54, 1.807) is 19.9 Å². The number of benzene rings is 1. The van der Waals surface area contributed by atoms with Crippen molar-refractivity contribution in [1.82, 2.24) is 0 Å². The molecule has 0 aliphatic heterocycles. The molecule has 22 heavy (non-hydrogen) atoms. The summed E-state index contributed by atoms with van der Waals surface area (Å²) in [4.78, 5) is 0. The van der Waals surface area contributed by atoms with Gasteiger partial charge in [0.1, 0.15) is 6.07 Å². The van der Waals surface area contributed by atoms with Crippen molar-refractivity contribution in [3.8, 4) is 6.07 Å². The SMILES string of the molecule is C=C(C)c1cc(C#N)c(F)c(C(=C)C)c1N.CC.CC.CN. The Balaban J connectivity index is -0.000000535. The molecular weight excluding hydrogens is 277 g/mol. The molecule has 0 aromatic heterocycles. The molecular formula is C18H30FN3. The summed E-state index contributed by atoms with van der Waals surface area (Å²) in [6, 6.07) is 3.22. The van der Waals surface area contributed by atoms with Gasteiger partial charge in [0.2, 0.25) is 0 Å². The Kier molecular flexibility index (Phi) is 15.7. The van der Waals surface area contributed by atoms with Crippen molar-refractivity contribution < 1.29 is 4.39 Å². The minimum atomic E-state index is -0.613. The normalized spacial score (nSPS) is 7.82. The van der Waals surface area contributed by atoms with Gasteiger partial charge in [-0.25, -0.2) is 4.39 Å². The van der Waals surface area contributed by atoms with Crippen LogP contribution in [0.3, 0.4) is 0 Å². The Morgan fingerprint density at radius 3 is 1.77 bits per heavy atom. The fraction of sp³-hybridized carbons (Fsp3) is 0.389.